The molecule has 0 aromatic heterocycles. The first kappa shape index (κ1) is 14.8. The minimum absolute atomic E-state index is 0.00270. The Kier molecular flexibility index (Phi) is 4.85. The van der Waals surface area contributed by atoms with Crippen molar-refractivity contribution >= 4 is 5.97 Å². The van der Waals surface area contributed by atoms with Crippen LogP contribution in [-0.2, 0) is 14.3 Å². The summed E-state index contributed by atoms with van der Waals surface area (Å²) in [5, 5.41) is 0. The number of hydrogen-bond donors (Lipinski definition) is 0. The molecule has 4 nitrogen and oxygen atoms in total. The van der Waals surface area contributed by atoms with Crippen LogP contribution in [0, 0.1) is 0 Å². The largest absolute Gasteiger partial charge is 0.468 e. The van der Waals surface area contributed by atoms with Crippen molar-refractivity contribution in [3.63, 3.8) is 0 Å². The lowest BCUT2D eigenvalue weighted by atomic mass is 10.1. The molecule has 0 spiro atoms. The molecule has 1 saturated heterocycles. The summed E-state index contributed by atoms with van der Waals surface area (Å²) < 4.78 is 10.9. The molecule has 2 fully saturated rings. The summed E-state index contributed by atoms with van der Waals surface area (Å²) in [5.41, 5.74) is -0.00270. The van der Waals surface area contributed by atoms with Crippen LogP contribution in [0.4, 0.5) is 0 Å². The summed E-state index contributed by atoms with van der Waals surface area (Å²) in [6, 6.07) is 0.534. The fourth-order valence-corrected chi connectivity index (χ4v) is 3.31. The van der Waals surface area contributed by atoms with Crippen molar-refractivity contribution in [3.8, 4) is 0 Å². The second-order valence-corrected chi connectivity index (χ2v) is 6.48. The predicted molar refractivity (Wildman–Crippen MR) is 74.0 cm³/mol. The molecular formula is C15H27NO3. The van der Waals surface area contributed by atoms with Crippen LogP contribution in [0.25, 0.3) is 0 Å². The lowest BCUT2D eigenvalue weighted by Crippen LogP contribution is -2.43. The van der Waals surface area contributed by atoms with Gasteiger partial charge in [-0.05, 0) is 39.5 Å². The molecule has 110 valence electrons. The van der Waals surface area contributed by atoms with Crippen LogP contribution in [-0.4, -0.2) is 48.8 Å². The van der Waals surface area contributed by atoms with E-state index in [4.69, 9.17) is 9.47 Å². The predicted octanol–water partition coefficient (Wildman–Crippen LogP) is 2.36. The first-order valence-corrected chi connectivity index (χ1v) is 7.49. The number of carbonyl (C=O) groups excluding carboxylic acids is 1. The maximum atomic E-state index is 11.6. The Hall–Kier alpha value is -0.610. The Balaban J connectivity index is 1.91. The zero-order valence-electron chi connectivity index (χ0n) is 12.5. The highest BCUT2D eigenvalue weighted by Gasteiger charge is 2.34. The summed E-state index contributed by atoms with van der Waals surface area (Å²) in [4.78, 5) is 13.9. The first-order valence-electron chi connectivity index (χ1n) is 7.49. The Bertz CT molecular complexity index is 311. The van der Waals surface area contributed by atoms with Crippen LogP contribution in [0.3, 0.4) is 0 Å². The second-order valence-electron chi connectivity index (χ2n) is 6.48. The van der Waals surface area contributed by atoms with Crippen LogP contribution < -0.4 is 0 Å². The molecule has 0 aromatic carbocycles. The summed E-state index contributed by atoms with van der Waals surface area (Å²) in [5.74, 6) is -0.135. The van der Waals surface area contributed by atoms with Gasteiger partial charge in [-0.15, -0.1) is 0 Å². The lowest BCUT2D eigenvalue weighted by molar-refractivity contribution is -0.143. The summed E-state index contributed by atoms with van der Waals surface area (Å²) in [6.07, 6.45) is 7.42. The van der Waals surface area contributed by atoms with Gasteiger partial charge in [-0.1, -0.05) is 12.8 Å². The van der Waals surface area contributed by atoms with Crippen molar-refractivity contribution < 1.29 is 14.3 Å². The molecule has 19 heavy (non-hydrogen) atoms. The van der Waals surface area contributed by atoms with Gasteiger partial charge in [0.2, 0.25) is 0 Å². The third kappa shape index (κ3) is 4.18. The molecule has 1 aliphatic carbocycles. The van der Waals surface area contributed by atoms with Gasteiger partial charge in [0.1, 0.15) is 0 Å². The first-order chi connectivity index (χ1) is 9.00. The van der Waals surface area contributed by atoms with Crippen LogP contribution >= 0.6 is 0 Å². The average Bonchev–Trinajstić information content (AvgIpc) is 2.97. The van der Waals surface area contributed by atoms with Crippen LogP contribution in [0.2, 0.25) is 0 Å². The molecule has 0 N–H and O–H groups in total. The number of carbonyl (C=O) groups is 1. The molecule has 4 heteroatoms. The zero-order chi connectivity index (χ0) is 13.9. The number of nitrogens with zero attached hydrogens (tertiary/aromatic N) is 1. The molecule has 0 amide bonds. The Morgan fingerprint density at radius 3 is 2.53 bits per heavy atom. The van der Waals surface area contributed by atoms with Gasteiger partial charge < -0.3 is 9.47 Å². The second kappa shape index (κ2) is 6.23. The highest BCUT2D eigenvalue weighted by atomic mass is 16.5. The monoisotopic (exact) mass is 269 g/mol. The third-order valence-electron chi connectivity index (χ3n) is 4.39. The number of esters is 1. The van der Waals surface area contributed by atoms with E-state index in [1.54, 1.807) is 0 Å². The van der Waals surface area contributed by atoms with E-state index in [9.17, 15) is 4.79 Å². The third-order valence-corrected chi connectivity index (χ3v) is 4.39. The van der Waals surface area contributed by atoms with Crippen molar-refractivity contribution in [2.24, 2.45) is 0 Å². The number of ether oxygens (including phenoxy) is 2. The highest BCUT2D eigenvalue weighted by molar-refractivity contribution is 5.71. The summed E-state index contributed by atoms with van der Waals surface area (Å²) >= 11 is 0. The summed E-state index contributed by atoms with van der Waals surface area (Å²) in [6.45, 7) is 5.56. The van der Waals surface area contributed by atoms with E-state index in [-0.39, 0.29) is 17.7 Å². The number of hydrogen-bond acceptors (Lipinski definition) is 4. The van der Waals surface area contributed by atoms with Crippen LogP contribution in [0.1, 0.15) is 52.4 Å². The van der Waals surface area contributed by atoms with Gasteiger partial charge in [-0.3, -0.25) is 9.69 Å². The maximum Gasteiger partial charge on any atom is 0.319 e. The van der Waals surface area contributed by atoms with Crippen molar-refractivity contribution in [3.05, 3.63) is 0 Å². The van der Waals surface area contributed by atoms with Crippen LogP contribution in [0.15, 0.2) is 0 Å². The van der Waals surface area contributed by atoms with E-state index in [1.165, 1.54) is 32.8 Å². The van der Waals surface area contributed by atoms with E-state index < -0.39 is 0 Å². The summed E-state index contributed by atoms with van der Waals surface area (Å²) in [7, 11) is 1.46. The molecule has 2 rings (SSSR count). The molecule has 1 unspecified atom stereocenters. The van der Waals surface area contributed by atoms with Gasteiger partial charge >= 0.3 is 5.97 Å². The van der Waals surface area contributed by atoms with Crippen molar-refractivity contribution in [1.82, 2.24) is 4.90 Å². The maximum absolute atomic E-state index is 11.6. The highest BCUT2D eigenvalue weighted by Crippen LogP contribution is 2.31. The van der Waals surface area contributed by atoms with Crippen molar-refractivity contribution in [2.75, 3.05) is 20.2 Å². The van der Waals surface area contributed by atoms with E-state index in [2.05, 4.69) is 18.7 Å². The molecule has 1 saturated carbocycles. The fourth-order valence-electron chi connectivity index (χ4n) is 3.31. The number of rotatable bonds is 5. The van der Waals surface area contributed by atoms with Crippen molar-refractivity contribution in [2.45, 2.75) is 70.1 Å². The molecule has 1 aliphatic heterocycles. The molecule has 1 atom stereocenters. The smallest absolute Gasteiger partial charge is 0.319 e. The lowest BCUT2D eigenvalue weighted by Gasteiger charge is -2.30. The zero-order valence-corrected chi connectivity index (χ0v) is 12.5. The van der Waals surface area contributed by atoms with E-state index in [0.29, 0.717) is 12.6 Å². The van der Waals surface area contributed by atoms with Gasteiger partial charge in [-0.25, -0.2) is 0 Å². The van der Waals surface area contributed by atoms with Gasteiger partial charge in [0.05, 0.1) is 25.4 Å². The van der Waals surface area contributed by atoms with Gasteiger partial charge in [0.15, 0.2) is 0 Å². The van der Waals surface area contributed by atoms with E-state index in [1.807, 2.05) is 0 Å². The standard InChI is InChI=1S/C15H27NO3/c1-15(2)9-8-13(19-15)10-16(11-14(17)18-3)12-6-4-5-7-12/h12-13H,4-11H2,1-3H3. The Morgan fingerprint density at radius 1 is 1.32 bits per heavy atom. The average molecular weight is 269 g/mol. The number of methoxy groups -OCH3 is 1. The topological polar surface area (TPSA) is 38.8 Å². The molecule has 2 aliphatic rings. The Labute approximate surface area is 116 Å². The van der Waals surface area contributed by atoms with E-state index >= 15 is 0 Å². The minimum Gasteiger partial charge on any atom is -0.468 e. The SMILES string of the molecule is COC(=O)CN(CC1CCC(C)(C)O1)C1CCCC1. The molecule has 0 aromatic rings. The minimum atomic E-state index is -0.135. The quantitative estimate of drug-likeness (QED) is 0.718. The van der Waals surface area contributed by atoms with Gasteiger partial charge in [0, 0.05) is 12.6 Å². The van der Waals surface area contributed by atoms with Gasteiger partial charge in [0.25, 0.3) is 0 Å². The fraction of sp³-hybridized carbons (Fsp3) is 0.933. The molecule has 1 heterocycles. The van der Waals surface area contributed by atoms with Gasteiger partial charge in [-0.2, -0.15) is 0 Å². The Morgan fingerprint density at radius 2 is 2.00 bits per heavy atom. The van der Waals surface area contributed by atoms with Crippen LogP contribution in [0.5, 0.6) is 0 Å². The molecule has 0 radical (unpaired) electrons. The van der Waals surface area contributed by atoms with Crippen molar-refractivity contribution in [1.29, 1.82) is 0 Å². The normalized spacial score (nSPS) is 27.1. The molecular weight excluding hydrogens is 242 g/mol. The van der Waals surface area contributed by atoms with E-state index in [0.717, 1.165) is 19.4 Å². The molecule has 0 bridgehead atoms.